The molecule has 0 aromatic heterocycles. The average molecular weight is 224 g/mol. The van der Waals surface area contributed by atoms with E-state index in [0.29, 0.717) is 6.61 Å². The van der Waals surface area contributed by atoms with E-state index in [4.69, 9.17) is 4.74 Å². The van der Waals surface area contributed by atoms with Crippen molar-refractivity contribution < 1.29 is 9.13 Å². The highest BCUT2D eigenvalue weighted by Gasteiger charge is 2.21. The van der Waals surface area contributed by atoms with Crippen LogP contribution in [0.4, 0.5) is 4.39 Å². The van der Waals surface area contributed by atoms with Gasteiger partial charge in [0.1, 0.15) is 5.82 Å². The summed E-state index contributed by atoms with van der Waals surface area (Å²) in [6.07, 6.45) is 3.18. The maximum absolute atomic E-state index is 12.7. The smallest absolute Gasteiger partial charge is 0.123 e. The second-order valence-corrected chi connectivity index (χ2v) is 4.47. The molecule has 16 heavy (non-hydrogen) atoms. The van der Waals surface area contributed by atoms with Gasteiger partial charge < -0.3 is 4.74 Å². The van der Waals surface area contributed by atoms with Crippen LogP contribution in [0.3, 0.4) is 0 Å². The largest absolute Gasteiger partial charge is 0.371 e. The molecule has 1 aromatic rings. The Hall–Kier alpha value is -0.890. The molecule has 0 amide bonds. The number of hydrogen-bond acceptors (Lipinski definition) is 1. The van der Waals surface area contributed by atoms with E-state index in [0.717, 1.165) is 24.8 Å². The van der Waals surface area contributed by atoms with Crippen molar-refractivity contribution >= 4 is 0 Å². The van der Waals surface area contributed by atoms with Gasteiger partial charge in [0.2, 0.25) is 0 Å². The number of benzene rings is 1. The molecule has 0 bridgehead atoms. The van der Waals surface area contributed by atoms with Crippen molar-refractivity contribution in [3.63, 3.8) is 0 Å². The molecule has 0 aliphatic rings. The molecule has 1 unspecified atom stereocenters. The molecule has 2 heteroatoms. The topological polar surface area (TPSA) is 9.23 Å². The lowest BCUT2D eigenvalue weighted by Gasteiger charge is -2.28. The lowest BCUT2D eigenvalue weighted by molar-refractivity contribution is -0.0519. The highest BCUT2D eigenvalue weighted by atomic mass is 19.1. The van der Waals surface area contributed by atoms with Gasteiger partial charge in [0, 0.05) is 0 Å². The summed E-state index contributed by atoms with van der Waals surface area (Å²) in [5.74, 6) is -0.199. The van der Waals surface area contributed by atoms with Gasteiger partial charge >= 0.3 is 0 Å². The van der Waals surface area contributed by atoms with E-state index < -0.39 is 0 Å². The second kappa shape index (κ2) is 6.00. The summed E-state index contributed by atoms with van der Waals surface area (Å²) in [5, 5.41) is 0. The minimum absolute atomic E-state index is 0.0524. The molecule has 90 valence electrons. The van der Waals surface area contributed by atoms with Crippen LogP contribution in [0.15, 0.2) is 24.3 Å². The SMILES string of the molecule is CCCC(C)(CC)OCc1ccc(F)cc1. The van der Waals surface area contributed by atoms with E-state index in [-0.39, 0.29) is 11.4 Å². The maximum Gasteiger partial charge on any atom is 0.123 e. The highest BCUT2D eigenvalue weighted by Crippen LogP contribution is 2.23. The van der Waals surface area contributed by atoms with Crippen molar-refractivity contribution in [1.29, 1.82) is 0 Å². The Bertz CT molecular complexity index is 307. The van der Waals surface area contributed by atoms with E-state index in [1.54, 1.807) is 12.1 Å². The first-order valence-corrected chi connectivity index (χ1v) is 5.98. The normalized spacial score (nSPS) is 14.8. The van der Waals surface area contributed by atoms with Gasteiger partial charge in [0.15, 0.2) is 0 Å². The van der Waals surface area contributed by atoms with Crippen LogP contribution >= 0.6 is 0 Å². The van der Waals surface area contributed by atoms with Crippen molar-refractivity contribution in [2.24, 2.45) is 0 Å². The molecule has 1 rings (SSSR count). The zero-order valence-electron chi connectivity index (χ0n) is 10.4. The van der Waals surface area contributed by atoms with Crippen molar-refractivity contribution in [2.75, 3.05) is 0 Å². The Kier molecular flexibility index (Phi) is 4.94. The maximum atomic E-state index is 12.7. The Labute approximate surface area is 97.6 Å². The predicted molar refractivity (Wildman–Crippen MR) is 64.8 cm³/mol. The molecule has 0 fully saturated rings. The molecule has 1 atom stereocenters. The molecular weight excluding hydrogens is 203 g/mol. The predicted octanol–water partition coefficient (Wildman–Crippen LogP) is 4.31. The van der Waals surface area contributed by atoms with E-state index in [9.17, 15) is 4.39 Å². The summed E-state index contributed by atoms with van der Waals surface area (Å²) in [4.78, 5) is 0. The minimum atomic E-state index is -0.199. The molecule has 0 saturated carbocycles. The van der Waals surface area contributed by atoms with Crippen LogP contribution in [0.5, 0.6) is 0 Å². The van der Waals surface area contributed by atoms with Crippen LogP contribution in [-0.4, -0.2) is 5.60 Å². The number of hydrogen-bond donors (Lipinski definition) is 0. The average Bonchev–Trinajstić information content (AvgIpc) is 2.29. The summed E-state index contributed by atoms with van der Waals surface area (Å²) < 4.78 is 18.6. The van der Waals surface area contributed by atoms with Gasteiger partial charge in [-0.2, -0.15) is 0 Å². The highest BCUT2D eigenvalue weighted by molar-refractivity contribution is 5.15. The third kappa shape index (κ3) is 3.93. The van der Waals surface area contributed by atoms with Crippen LogP contribution < -0.4 is 0 Å². The second-order valence-electron chi connectivity index (χ2n) is 4.47. The summed E-state index contributed by atoms with van der Waals surface area (Å²) in [5.41, 5.74) is 0.973. The van der Waals surface area contributed by atoms with Crippen LogP contribution in [-0.2, 0) is 11.3 Å². The third-order valence-corrected chi connectivity index (χ3v) is 3.03. The Morgan fingerprint density at radius 1 is 1.19 bits per heavy atom. The van der Waals surface area contributed by atoms with E-state index in [1.807, 2.05) is 0 Å². The Balaban J connectivity index is 2.52. The molecule has 0 heterocycles. The monoisotopic (exact) mass is 224 g/mol. The van der Waals surface area contributed by atoms with Crippen LogP contribution in [0.2, 0.25) is 0 Å². The van der Waals surface area contributed by atoms with Crippen LogP contribution in [0.1, 0.15) is 45.6 Å². The first kappa shape index (κ1) is 13.2. The molecule has 0 aliphatic heterocycles. The van der Waals surface area contributed by atoms with Crippen molar-refractivity contribution in [3.05, 3.63) is 35.6 Å². The fourth-order valence-electron chi connectivity index (χ4n) is 1.72. The molecule has 0 radical (unpaired) electrons. The van der Waals surface area contributed by atoms with Crippen molar-refractivity contribution in [3.8, 4) is 0 Å². The number of ether oxygens (including phenoxy) is 1. The van der Waals surface area contributed by atoms with Gasteiger partial charge in [-0.05, 0) is 37.5 Å². The fraction of sp³-hybridized carbons (Fsp3) is 0.571. The lowest BCUT2D eigenvalue weighted by atomic mass is 9.97. The zero-order valence-corrected chi connectivity index (χ0v) is 10.4. The van der Waals surface area contributed by atoms with Gasteiger partial charge in [0.05, 0.1) is 12.2 Å². The molecular formula is C14H21FO. The standard InChI is InChI=1S/C14H21FO/c1-4-10-14(3,5-2)16-11-12-6-8-13(15)9-7-12/h6-9H,4-5,10-11H2,1-3H3. The summed E-state index contributed by atoms with van der Waals surface area (Å²) in [7, 11) is 0. The summed E-state index contributed by atoms with van der Waals surface area (Å²) in [6, 6.07) is 6.50. The third-order valence-electron chi connectivity index (χ3n) is 3.03. The number of rotatable bonds is 6. The van der Waals surface area contributed by atoms with E-state index in [2.05, 4.69) is 20.8 Å². The summed E-state index contributed by atoms with van der Waals surface area (Å²) >= 11 is 0. The minimum Gasteiger partial charge on any atom is -0.371 e. The Morgan fingerprint density at radius 3 is 2.31 bits per heavy atom. The first-order chi connectivity index (χ1) is 7.59. The fourth-order valence-corrected chi connectivity index (χ4v) is 1.72. The van der Waals surface area contributed by atoms with Gasteiger partial charge in [-0.1, -0.05) is 32.4 Å². The van der Waals surface area contributed by atoms with E-state index in [1.165, 1.54) is 12.1 Å². The lowest BCUT2D eigenvalue weighted by Crippen LogP contribution is -2.27. The molecule has 0 aliphatic carbocycles. The van der Waals surface area contributed by atoms with Gasteiger partial charge in [-0.15, -0.1) is 0 Å². The molecule has 0 spiro atoms. The van der Waals surface area contributed by atoms with Gasteiger partial charge in [-0.25, -0.2) is 4.39 Å². The van der Waals surface area contributed by atoms with Gasteiger partial charge in [-0.3, -0.25) is 0 Å². The molecule has 1 aromatic carbocycles. The summed E-state index contributed by atoms with van der Waals surface area (Å²) in [6.45, 7) is 7.00. The molecule has 1 nitrogen and oxygen atoms in total. The van der Waals surface area contributed by atoms with Crippen LogP contribution in [0, 0.1) is 5.82 Å². The van der Waals surface area contributed by atoms with Gasteiger partial charge in [0.25, 0.3) is 0 Å². The van der Waals surface area contributed by atoms with E-state index >= 15 is 0 Å². The Morgan fingerprint density at radius 2 is 1.81 bits per heavy atom. The first-order valence-electron chi connectivity index (χ1n) is 5.98. The zero-order chi connectivity index (χ0) is 12.0. The quantitative estimate of drug-likeness (QED) is 0.699. The molecule has 0 N–H and O–H groups in total. The van der Waals surface area contributed by atoms with Crippen molar-refractivity contribution in [2.45, 2.75) is 52.2 Å². The molecule has 0 saturated heterocycles. The van der Waals surface area contributed by atoms with Crippen molar-refractivity contribution in [1.82, 2.24) is 0 Å². The number of halogens is 1. The van der Waals surface area contributed by atoms with Crippen LogP contribution in [0.25, 0.3) is 0 Å².